The molecule has 0 spiro atoms. The second-order valence-corrected chi connectivity index (χ2v) is 5.21. The number of hydrazine groups is 1. The Morgan fingerprint density at radius 1 is 1.37 bits per heavy atom. The SMILES string of the molecule is C=[N+]1[CH-]N=C2c3ccccc3C3C=CC=C(C)C3N21. The summed E-state index contributed by atoms with van der Waals surface area (Å²) in [5.41, 5.74) is 3.92. The van der Waals surface area contributed by atoms with E-state index in [4.69, 9.17) is 0 Å². The molecule has 2 unspecified atom stereocenters. The lowest BCUT2D eigenvalue weighted by molar-refractivity contribution is -0.624. The van der Waals surface area contributed by atoms with E-state index in [0.29, 0.717) is 5.92 Å². The topological polar surface area (TPSA) is 18.6 Å². The molecule has 3 aliphatic rings. The predicted molar refractivity (Wildman–Crippen MR) is 75.9 cm³/mol. The maximum absolute atomic E-state index is 4.54. The number of hydrogen-bond acceptors (Lipinski definition) is 2. The number of rotatable bonds is 0. The number of aliphatic imine (C=N–C) groups is 1. The maximum Gasteiger partial charge on any atom is 0.202 e. The molecule has 0 N–H and O–H groups in total. The van der Waals surface area contributed by atoms with E-state index in [-0.39, 0.29) is 6.04 Å². The van der Waals surface area contributed by atoms with Gasteiger partial charge in [0.2, 0.25) is 6.67 Å². The van der Waals surface area contributed by atoms with Crippen molar-refractivity contribution in [3.63, 3.8) is 0 Å². The Kier molecular flexibility index (Phi) is 2.01. The molecule has 0 aromatic heterocycles. The molecule has 2 atom stereocenters. The first-order chi connectivity index (χ1) is 9.27. The van der Waals surface area contributed by atoms with Crippen LogP contribution in [0, 0.1) is 6.67 Å². The number of hydrazone groups is 1. The summed E-state index contributed by atoms with van der Waals surface area (Å²) in [6.07, 6.45) is 6.61. The molecule has 94 valence electrons. The minimum Gasteiger partial charge on any atom is -0.251 e. The van der Waals surface area contributed by atoms with Gasteiger partial charge in [-0.15, -0.1) is 0 Å². The van der Waals surface area contributed by atoms with Gasteiger partial charge in [0.05, 0.1) is 6.04 Å². The molecular weight excluding hydrogens is 234 g/mol. The zero-order chi connectivity index (χ0) is 13.0. The van der Waals surface area contributed by atoms with Gasteiger partial charge in [0.1, 0.15) is 0 Å². The lowest BCUT2D eigenvalue weighted by Crippen LogP contribution is -2.50. The minimum atomic E-state index is 0.287. The van der Waals surface area contributed by atoms with Crippen molar-refractivity contribution in [2.45, 2.75) is 18.9 Å². The summed E-state index contributed by atoms with van der Waals surface area (Å²) >= 11 is 0. The minimum absolute atomic E-state index is 0.287. The average Bonchev–Trinajstić information content (AvgIpc) is 2.82. The van der Waals surface area contributed by atoms with Crippen LogP contribution in [0.5, 0.6) is 0 Å². The predicted octanol–water partition coefficient (Wildman–Crippen LogP) is 2.48. The standard InChI is InChI=1S/C16H15N3/c1-11-6-5-9-13-12-7-3-4-8-14(12)16-17-10-18(2)19(16)15(11)13/h3-10,13,15H,2H2,1H3. The van der Waals surface area contributed by atoms with Crippen LogP contribution in [0.4, 0.5) is 0 Å². The van der Waals surface area contributed by atoms with Crippen molar-refractivity contribution in [3.05, 3.63) is 65.9 Å². The summed E-state index contributed by atoms with van der Waals surface area (Å²) < 4.78 is 1.85. The second kappa shape index (κ2) is 3.60. The van der Waals surface area contributed by atoms with Crippen molar-refractivity contribution >= 4 is 12.6 Å². The number of hydrogen-bond donors (Lipinski definition) is 0. The third-order valence-corrected chi connectivity index (χ3v) is 4.12. The normalized spacial score (nSPS) is 27.0. The first-order valence-electron chi connectivity index (χ1n) is 6.51. The highest BCUT2D eigenvalue weighted by Crippen LogP contribution is 2.41. The summed E-state index contributed by atoms with van der Waals surface area (Å²) in [7, 11) is 0. The van der Waals surface area contributed by atoms with Crippen LogP contribution in [-0.2, 0) is 0 Å². The van der Waals surface area contributed by atoms with E-state index in [1.807, 2.05) is 4.68 Å². The number of amidine groups is 1. The molecule has 2 heterocycles. The van der Waals surface area contributed by atoms with Gasteiger partial charge in [0.25, 0.3) is 0 Å². The highest BCUT2D eigenvalue weighted by molar-refractivity contribution is 6.02. The van der Waals surface area contributed by atoms with Gasteiger partial charge in [-0.2, -0.15) is 4.99 Å². The molecule has 4 rings (SSSR count). The van der Waals surface area contributed by atoms with Gasteiger partial charge >= 0.3 is 0 Å². The monoisotopic (exact) mass is 249 g/mol. The Morgan fingerprint density at radius 2 is 2.21 bits per heavy atom. The molecule has 3 heteroatoms. The van der Waals surface area contributed by atoms with Gasteiger partial charge < -0.3 is 0 Å². The third-order valence-electron chi connectivity index (χ3n) is 4.12. The zero-order valence-corrected chi connectivity index (χ0v) is 10.8. The van der Waals surface area contributed by atoms with E-state index in [9.17, 15) is 0 Å². The number of nitrogens with zero attached hydrogens (tertiary/aromatic N) is 3. The summed E-state index contributed by atoms with van der Waals surface area (Å²) in [6, 6.07) is 8.82. The van der Waals surface area contributed by atoms with E-state index in [0.717, 1.165) is 5.84 Å². The molecule has 19 heavy (non-hydrogen) atoms. The summed E-state index contributed by atoms with van der Waals surface area (Å²) in [6.45, 7) is 8.03. The van der Waals surface area contributed by atoms with Gasteiger partial charge in [-0.05, 0) is 30.3 Å². The van der Waals surface area contributed by atoms with Crippen LogP contribution in [0.25, 0.3) is 0 Å². The number of fused-ring (bicyclic) bond motifs is 6. The average molecular weight is 249 g/mol. The van der Waals surface area contributed by atoms with E-state index in [1.54, 1.807) is 6.67 Å². The summed E-state index contributed by atoms with van der Waals surface area (Å²) in [5, 5.41) is 2.20. The fraction of sp³-hybridized carbons (Fsp3) is 0.188. The zero-order valence-electron chi connectivity index (χ0n) is 10.8. The molecule has 0 bridgehead atoms. The van der Waals surface area contributed by atoms with Crippen LogP contribution in [0.3, 0.4) is 0 Å². The van der Waals surface area contributed by atoms with Crippen LogP contribution in [0.1, 0.15) is 24.0 Å². The van der Waals surface area contributed by atoms with E-state index in [1.165, 1.54) is 16.7 Å². The third kappa shape index (κ3) is 1.30. The Bertz CT molecular complexity index is 666. The first-order valence-corrected chi connectivity index (χ1v) is 6.51. The largest absolute Gasteiger partial charge is 0.251 e. The molecule has 1 aliphatic carbocycles. The smallest absolute Gasteiger partial charge is 0.202 e. The first kappa shape index (κ1) is 10.6. The van der Waals surface area contributed by atoms with Crippen LogP contribution in [0.2, 0.25) is 0 Å². The Balaban J connectivity index is 1.99. The molecule has 1 aromatic rings. The Hall–Kier alpha value is -2.29. The Morgan fingerprint density at radius 3 is 3.11 bits per heavy atom. The van der Waals surface area contributed by atoms with E-state index >= 15 is 0 Å². The van der Waals surface area contributed by atoms with Crippen molar-refractivity contribution in [2.24, 2.45) is 4.99 Å². The van der Waals surface area contributed by atoms with Crippen molar-refractivity contribution in [2.75, 3.05) is 0 Å². The summed E-state index contributed by atoms with van der Waals surface area (Å²) in [4.78, 5) is 4.54. The molecule has 0 amide bonds. The van der Waals surface area contributed by atoms with Gasteiger partial charge in [0.15, 0.2) is 5.84 Å². The quantitative estimate of drug-likeness (QED) is 0.510. The van der Waals surface area contributed by atoms with Crippen molar-refractivity contribution in [1.82, 2.24) is 5.01 Å². The van der Waals surface area contributed by atoms with Gasteiger partial charge in [-0.1, -0.05) is 42.5 Å². The molecule has 3 nitrogen and oxygen atoms in total. The highest BCUT2D eigenvalue weighted by atomic mass is 15.6. The van der Waals surface area contributed by atoms with Crippen LogP contribution in [-0.4, -0.2) is 28.3 Å². The van der Waals surface area contributed by atoms with Crippen molar-refractivity contribution in [3.8, 4) is 0 Å². The van der Waals surface area contributed by atoms with E-state index < -0.39 is 0 Å². The number of benzene rings is 1. The Labute approximate surface area is 112 Å². The van der Waals surface area contributed by atoms with Crippen molar-refractivity contribution in [1.29, 1.82) is 0 Å². The van der Waals surface area contributed by atoms with Gasteiger partial charge in [0, 0.05) is 5.92 Å². The van der Waals surface area contributed by atoms with Crippen LogP contribution >= 0.6 is 0 Å². The van der Waals surface area contributed by atoms with Crippen molar-refractivity contribution < 1.29 is 4.68 Å². The lowest BCUT2D eigenvalue weighted by Gasteiger charge is -2.42. The summed E-state index contributed by atoms with van der Waals surface area (Å²) in [5.74, 6) is 1.38. The number of allylic oxidation sites excluding steroid dienone is 2. The van der Waals surface area contributed by atoms with Crippen LogP contribution < -0.4 is 0 Å². The lowest BCUT2D eigenvalue weighted by atomic mass is 9.78. The maximum atomic E-state index is 4.54. The molecule has 1 aromatic carbocycles. The molecule has 0 saturated heterocycles. The molecule has 2 aliphatic heterocycles. The molecule has 0 radical (unpaired) electrons. The highest BCUT2D eigenvalue weighted by Gasteiger charge is 2.42. The second-order valence-electron chi connectivity index (χ2n) is 5.21. The van der Waals surface area contributed by atoms with Gasteiger partial charge in [-0.3, -0.25) is 4.68 Å². The van der Waals surface area contributed by atoms with E-state index in [2.05, 4.69) is 66.1 Å². The fourth-order valence-electron chi connectivity index (χ4n) is 3.27. The molecule has 0 saturated carbocycles. The fourth-order valence-corrected chi connectivity index (χ4v) is 3.27. The van der Waals surface area contributed by atoms with Crippen LogP contribution in [0.15, 0.2) is 53.1 Å². The molecule has 0 fully saturated rings. The van der Waals surface area contributed by atoms with Gasteiger partial charge in [-0.25, -0.2) is 5.01 Å². The molecular formula is C16H15N3.